The van der Waals surface area contributed by atoms with Crippen LogP contribution in [0.2, 0.25) is 0 Å². The largest absolute Gasteiger partial charge is 0.396 e. The normalized spacial score (nSPS) is 28.4. The van der Waals surface area contributed by atoms with E-state index >= 15 is 0 Å². The molecule has 0 aromatic carbocycles. The highest BCUT2D eigenvalue weighted by Crippen LogP contribution is 2.37. The molecule has 21 heavy (non-hydrogen) atoms. The molecule has 2 rings (SSSR count). The Morgan fingerprint density at radius 2 is 2.29 bits per heavy atom. The lowest BCUT2D eigenvalue weighted by Gasteiger charge is -2.42. The molecule has 0 radical (unpaired) electrons. The number of hydrogen-bond donors (Lipinski definition) is 1. The van der Waals surface area contributed by atoms with Gasteiger partial charge in [0.25, 0.3) is 0 Å². The second-order valence-corrected chi connectivity index (χ2v) is 6.14. The van der Waals surface area contributed by atoms with Crippen molar-refractivity contribution in [3.05, 3.63) is 35.7 Å². The van der Waals surface area contributed by atoms with Crippen LogP contribution < -0.4 is 0 Å². The van der Waals surface area contributed by atoms with E-state index in [1.807, 2.05) is 13.1 Å². The van der Waals surface area contributed by atoms with E-state index in [9.17, 15) is 0 Å². The summed E-state index contributed by atoms with van der Waals surface area (Å²) in [5.74, 6) is 1.72. The number of aliphatic hydroxyl groups excluding tert-OH is 1. The highest BCUT2D eigenvalue weighted by molar-refractivity contribution is 5.57. The van der Waals surface area contributed by atoms with Crippen molar-refractivity contribution < 1.29 is 5.11 Å². The fourth-order valence-electron chi connectivity index (χ4n) is 3.20. The first kappa shape index (κ1) is 16.0. The van der Waals surface area contributed by atoms with Gasteiger partial charge < -0.3 is 10.0 Å². The quantitative estimate of drug-likeness (QED) is 0.783. The first-order valence-corrected chi connectivity index (χ1v) is 8.08. The van der Waals surface area contributed by atoms with Crippen LogP contribution in [0.4, 0.5) is 0 Å². The van der Waals surface area contributed by atoms with Crippen LogP contribution in [-0.2, 0) is 0 Å². The predicted molar refractivity (Wildman–Crippen MR) is 89.3 cm³/mol. The molecule has 0 spiro atoms. The van der Waals surface area contributed by atoms with Crippen molar-refractivity contribution in [2.24, 2.45) is 10.9 Å². The molecule has 0 aromatic rings. The molecule has 0 aliphatic heterocycles. The molecule has 0 heterocycles. The number of aliphatic imine (C=N–C) groups is 1. The third-order valence-corrected chi connectivity index (χ3v) is 4.64. The van der Waals surface area contributed by atoms with Gasteiger partial charge in [0.2, 0.25) is 0 Å². The van der Waals surface area contributed by atoms with Gasteiger partial charge in [-0.15, -0.1) is 0 Å². The number of aliphatic hydroxyl groups is 1. The monoisotopic (exact) mass is 288 g/mol. The van der Waals surface area contributed by atoms with Gasteiger partial charge in [0.1, 0.15) is 5.82 Å². The Bertz CT molecular complexity index is 456. The molecule has 3 nitrogen and oxygen atoms in total. The van der Waals surface area contributed by atoms with Crippen LogP contribution >= 0.6 is 0 Å². The van der Waals surface area contributed by atoms with E-state index in [1.165, 1.54) is 17.6 Å². The molecule has 0 amide bonds. The molecule has 116 valence electrons. The molecule has 0 atom stereocenters. The molecule has 0 aromatic heterocycles. The van der Waals surface area contributed by atoms with E-state index < -0.39 is 0 Å². The first-order valence-electron chi connectivity index (χ1n) is 8.08. The predicted octanol–water partition coefficient (Wildman–Crippen LogP) is 3.68. The number of nitrogens with zero attached hydrogens (tertiary/aromatic N) is 2. The van der Waals surface area contributed by atoms with E-state index in [4.69, 9.17) is 5.11 Å². The Labute approximate surface area is 128 Å². The standard InChI is InChI=1S/C18H28N2O/c1-4-19-18(17-9-7-5-6-8-14(17)2)20(3)16-12-15(13-16)10-11-21/h4,7,9,15-16,21H,2,5-6,8,10-13H2,1,3H3/b18-17+,19-4-. The maximum atomic E-state index is 9.02. The highest BCUT2D eigenvalue weighted by atomic mass is 16.3. The van der Waals surface area contributed by atoms with E-state index in [1.54, 1.807) is 0 Å². The number of allylic oxidation sites excluding steroid dienone is 4. The molecule has 1 fully saturated rings. The molecule has 2 aliphatic rings. The van der Waals surface area contributed by atoms with Gasteiger partial charge in [-0.3, -0.25) is 0 Å². The average Bonchev–Trinajstić information content (AvgIpc) is 2.64. The Morgan fingerprint density at radius 3 is 2.95 bits per heavy atom. The lowest BCUT2D eigenvalue weighted by atomic mass is 9.77. The summed E-state index contributed by atoms with van der Waals surface area (Å²) in [6.45, 7) is 6.52. The lowest BCUT2D eigenvalue weighted by Crippen LogP contribution is -2.42. The molecule has 0 saturated heterocycles. The summed E-state index contributed by atoms with van der Waals surface area (Å²) in [6.07, 6.45) is 12.9. The van der Waals surface area contributed by atoms with Crippen LogP contribution in [0.15, 0.2) is 40.7 Å². The van der Waals surface area contributed by atoms with Crippen molar-refractivity contribution in [2.45, 2.75) is 51.5 Å². The Balaban J connectivity index is 2.16. The average molecular weight is 288 g/mol. The Kier molecular flexibility index (Phi) is 5.80. The third kappa shape index (κ3) is 3.85. The van der Waals surface area contributed by atoms with E-state index in [0.29, 0.717) is 18.6 Å². The van der Waals surface area contributed by atoms with Crippen molar-refractivity contribution in [1.82, 2.24) is 4.90 Å². The third-order valence-electron chi connectivity index (χ3n) is 4.64. The van der Waals surface area contributed by atoms with Gasteiger partial charge in [0.15, 0.2) is 0 Å². The second kappa shape index (κ2) is 7.60. The van der Waals surface area contributed by atoms with Gasteiger partial charge in [0, 0.05) is 31.5 Å². The summed E-state index contributed by atoms with van der Waals surface area (Å²) in [6, 6.07) is 0.539. The molecule has 3 heteroatoms. The van der Waals surface area contributed by atoms with Crippen molar-refractivity contribution in [3.63, 3.8) is 0 Å². The van der Waals surface area contributed by atoms with Crippen LogP contribution in [0.1, 0.15) is 45.4 Å². The molecule has 1 N–H and O–H groups in total. The summed E-state index contributed by atoms with van der Waals surface area (Å²) >= 11 is 0. The Morgan fingerprint density at radius 1 is 1.52 bits per heavy atom. The first-order chi connectivity index (χ1) is 10.2. The minimum Gasteiger partial charge on any atom is -0.396 e. The summed E-state index contributed by atoms with van der Waals surface area (Å²) in [5.41, 5.74) is 2.39. The van der Waals surface area contributed by atoms with E-state index in [-0.39, 0.29) is 0 Å². The SMILES string of the molecule is C=C1CCCC=C/C1=C(/N=C\C)N(C)C1CC(CCO)C1. The van der Waals surface area contributed by atoms with Crippen LogP contribution in [0.5, 0.6) is 0 Å². The Hall–Kier alpha value is -1.35. The zero-order chi connectivity index (χ0) is 15.2. The summed E-state index contributed by atoms with van der Waals surface area (Å²) < 4.78 is 0. The van der Waals surface area contributed by atoms with Crippen LogP contribution in [-0.4, -0.2) is 35.9 Å². The topological polar surface area (TPSA) is 35.8 Å². The van der Waals surface area contributed by atoms with Crippen molar-refractivity contribution in [2.75, 3.05) is 13.7 Å². The maximum Gasteiger partial charge on any atom is 0.135 e. The van der Waals surface area contributed by atoms with Gasteiger partial charge in [-0.1, -0.05) is 18.7 Å². The van der Waals surface area contributed by atoms with Crippen molar-refractivity contribution >= 4 is 6.21 Å². The number of hydrogen-bond acceptors (Lipinski definition) is 3. The van der Waals surface area contributed by atoms with Gasteiger partial charge >= 0.3 is 0 Å². The van der Waals surface area contributed by atoms with E-state index in [2.05, 4.69) is 35.7 Å². The molecule has 0 bridgehead atoms. The molecular formula is C18H28N2O. The van der Waals surface area contributed by atoms with Crippen LogP contribution in [0, 0.1) is 5.92 Å². The second-order valence-electron chi connectivity index (χ2n) is 6.14. The lowest BCUT2D eigenvalue weighted by molar-refractivity contribution is 0.104. The van der Waals surface area contributed by atoms with Crippen molar-refractivity contribution in [3.8, 4) is 0 Å². The van der Waals surface area contributed by atoms with E-state index in [0.717, 1.165) is 37.9 Å². The summed E-state index contributed by atoms with van der Waals surface area (Å²) in [4.78, 5) is 6.94. The van der Waals surface area contributed by atoms with Crippen molar-refractivity contribution in [1.29, 1.82) is 0 Å². The fraction of sp³-hybridized carbons (Fsp3) is 0.611. The smallest absolute Gasteiger partial charge is 0.135 e. The van der Waals surface area contributed by atoms with Crippen LogP contribution in [0.25, 0.3) is 0 Å². The molecule has 2 aliphatic carbocycles. The molecule has 1 saturated carbocycles. The van der Waals surface area contributed by atoms with Gasteiger partial charge in [-0.05, 0) is 56.9 Å². The molecular weight excluding hydrogens is 260 g/mol. The van der Waals surface area contributed by atoms with Crippen LogP contribution in [0.3, 0.4) is 0 Å². The molecule has 0 unspecified atom stereocenters. The minimum absolute atomic E-state index is 0.307. The zero-order valence-corrected chi connectivity index (χ0v) is 13.4. The van der Waals surface area contributed by atoms with Gasteiger partial charge in [-0.25, -0.2) is 4.99 Å². The fourth-order valence-corrected chi connectivity index (χ4v) is 3.20. The highest BCUT2D eigenvalue weighted by Gasteiger charge is 2.33. The maximum absolute atomic E-state index is 9.02. The van der Waals surface area contributed by atoms with Gasteiger partial charge in [0.05, 0.1) is 0 Å². The minimum atomic E-state index is 0.307. The summed E-state index contributed by atoms with van der Waals surface area (Å²) in [5, 5.41) is 9.02. The zero-order valence-electron chi connectivity index (χ0n) is 13.4. The number of rotatable bonds is 5. The van der Waals surface area contributed by atoms with Gasteiger partial charge in [-0.2, -0.15) is 0 Å². The summed E-state index contributed by atoms with van der Waals surface area (Å²) in [7, 11) is 2.14.